The molecule has 0 bridgehead atoms. The van der Waals surface area contributed by atoms with E-state index in [1.165, 1.54) is 55.6 Å². The van der Waals surface area contributed by atoms with Gasteiger partial charge in [-0.25, -0.2) is 0 Å². The van der Waals surface area contributed by atoms with E-state index in [0.29, 0.717) is 0 Å². The number of rotatable bonds is 6. The molecule has 0 unspecified atom stereocenters. The molecule has 0 spiro atoms. The van der Waals surface area contributed by atoms with Crippen molar-refractivity contribution in [3.05, 3.63) is 240 Å². The predicted octanol–water partition coefficient (Wildman–Crippen LogP) is 13.9. The van der Waals surface area contributed by atoms with Gasteiger partial charge in [-0.2, -0.15) is 0 Å². The zero-order valence-electron chi connectivity index (χ0n) is 36.1. The third-order valence-electron chi connectivity index (χ3n) is 12.6. The van der Waals surface area contributed by atoms with Crippen molar-refractivity contribution in [1.29, 1.82) is 0 Å². The lowest BCUT2D eigenvalue weighted by atomic mass is 9.67. The summed E-state index contributed by atoms with van der Waals surface area (Å²) < 4.78 is 10.7. The quantitative estimate of drug-likeness (QED) is 0.164. The number of ether oxygens (including phenoxy) is 2. The van der Waals surface area contributed by atoms with E-state index in [1.54, 1.807) is 12.1 Å². The fourth-order valence-electron chi connectivity index (χ4n) is 9.67. The highest BCUT2D eigenvalue weighted by Gasteiger charge is 2.46. The summed E-state index contributed by atoms with van der Waals surface area (Å²) >= 11 is 0. The largest absolute Gasteiger partial charge is 0.508 e. The van der Waals surface area contributed by atoms with Gasteiger partial charge in [-0.15, -0.1) is 12.8 Å². The summed E-state index contributed by atoms with van der Waals surface area (Å²) in [7, 11) is 0. The molecule has 2 N–H and O–H groups in total. The van der Waals surface area contributed by atoms with Crippen LogP contribution in [-0.4, -0.2) is 23.4 Å². The molecule has 0 heterocycles. The summed E-state index contributed by atoms with van der Waals surface area (Å²) in [6.07, 6.45) is 11.4. The average molecular weight is 853 g/mol. The van der Waals surface area contributed by atoms with Gasteiger partial charge in [-0.1, -0.05) is 157 Å². The van der Waals surface area contributed by atoms with Gasteiger partial charge in [0.1, 0.15) is 36.2 Å². The number of phenols is 2. The lowest BCUT2D eigenvalue weighted by molar-refractivity contribution is 0.369. The second-order valence-corrected chi connectivity index (χ2v) is 16.5. The number of hydrogen-bond donors (Lipinski definition) is 2. The lowest BCUT2D eigenvalue weighted by Crippen LogP contribution is -2.28. The molecule has 0 amide bonds. The maximum absolute atomic E-state index is 10.0. The van der Waals surface area contributed by atoms with Crippen LogP contribution in [0.15, 0.2) is 206 Å². The molecule has 0 saturated heterocycles. The second kappa shape index (κ2) is 17.8. The zero-order chi connectivity index (χ0) is 45.0. The number of benzene rings is 10. The minimum Gasteiger partial charge on any atom is -0.508 e. The molecule has 2 aliphatic carbocycles. The predicted molar refractivity (Wildman–Crippen MR) is 269 cm³/mol. The molecule has 0 saturated carbocycles. The van der Waals surface area contributed by atoms with Gasteiger partial charge < -0.3 is 19.7 Å². The molecule has 0 atom stereocenters. The van der Waals surface area contributed by atoms with Crippen LogP contribution in [0.3, 0.4) is 0 Å². The van der Waals surface area contributed by atoms with Gasteiger partial charge in [0.25, 0.3) is 0 Å². The monoisotopic (exact) mass is 852 g/mol. The van der Waals surface area contributed by atoms with Gasteiger partial charge in [0.2, 0.25) is 0 Å². The van der Waals surface area contributed by atoms with Crippen LogP contribution in [0.2, 0.25) is 0 Å². The van der Waals surface area contributed by atoms with Crippen LogP contribution in [0.25, 0.3) is 54.6 Å². The lowest BCUT2D eigenvalue weighted by Gasteiger charge is -2.34. The van der Waals surface area contributed by atoms with E-state index in [4.69, 9.17) is 22.3 Å². The van der Waals surface area contributed by atoms with Crippen molar-refractivity contribution in [3.63, 3.8) is 0 Å². The molecule has 0 aliphatic heterocycles. The van der Waals surface area contributed by atoms with Crippen molar-refractivity contribution in [2.75, 3.05) is 13.2 Å². The van der Waals surface area contributed by atoms with E-state index in [-0.39, 0.29) is 24.7 Å². The first-order valence-electron chi connectivity index (χ1n) is 21.9. The summed E-state index contributed by atoms with van der Waals surface area (Å²) in [6, 6.07) is 70.5. The Bertz CT molecular complexity index is 3300. The summed E-state index contributed by atoms with van der Waals surface area (Å²) in [4.78, 5) is 0. The van der Waals surface area contributed by atoms with E-state index in [9.17, 15) is 10.2 Å². The SMILES string of the molecule is C#CCOc1ccc2ccc(OCC#C)cc2c1.Oc1ccc2cc(C3(c4ccc5cc(O)ccc5c4)c4ccccc4-c4ccccc43)ccc2c1.c1ccc2c(c1)Cc1ccccc1-2. The van der Waals surface area contributed by atoms with Gasteiger partial charge in [0.05, 0.1) is 5.41 Å². The van der Waals surface area contributed by atoms with Crippen molar-refractivity contribution in [1.82, 2.24) is 0 Å². The normalized spacial score (nSPS) is 12.2. The number of phenolic OH excluding ortho intramolecular Hbond substituents is 2. The van der Waals surface area contributed by atoms with Crippen molar-refractivity contribution < 1.29 is 19.7 Å². The third kappa shape index (κ3) is 7.72. The molecule has 4 heteroatoms. The molecule has 10 aromatic rings. The van der Waals surface area contributed by atoms with Crippen molar-refractivity contribution >= 4 is 32.3 Å². The van der Waals surface area contributed by atoms with Crippen LogP contribution in [0.4, 0.5) is 0 Å². The van der Waals surface area contributed by atoms with Crippen LogP contribution >= 0.6 is 0 Å². The summed E-state index contributed by atoms with van der Waals surface area (Å²) in [6.45, 7) is 0.525. The Hall–Kier alpha value is -8.70. The molecule has 0 aromatic heterocycles. The van der Waals surface area contributed by atoms with E-state index in [2.05, 4.69) is 145 Å². The minimum absolute atomic E-state index is 0.263. The highest BCUT2D eigenvalue weighted by Crippen LogP contribution is 2.56. The second-order valence-electron chi connectivity index (χ2n) is 16.5. The highest BCUT2D eigenvalue weighted by molar-refractivity contribution is 5.92. The number of terminal acetylenes is 2. The first-order chi connectivity index (χ1) is 32.4. The molecule has 0 fully saturated rings. The summed E-state index contributed by atoms with van der Waals surface area (Å²) in [5.41, 5.74) is 12.7. The molecule has 0 radical (unpaired) electrons. The molecule has 66 heavy (non-hydrogen) atoms. The fraction of sp³-hybridized carbons (Fsp3) is 0.0645. The molecule has 4 nitrogen and oxygen atoms in total. The Kier molecular flexibility index (Phi) is 11.2. The van der Waals surface area contributed by atoms with Gasteiger partial charge >= 0.3 is 0 Å². The Labute approximate surface area is 385 Å². The van der Waals surface area contributed by atoms with Crippen LogP contribution in [-0.2, 0) is 11.8 Å². The van der Waals surface area contributed by atoms with E-state index >= 15 is 0 Å². The molecule has 316 valence electrons. The summed E-state index contributed by atoms with van der Waals surface area (Å²) in [5.74, 6) is 6.90. The number of aromatic hydroxyl groups is 2. The van der Waals surface area contributed by atoms with Crippen LogP contribution < -0.4 is 9.47 Å². The van der Waals surface area contributed by atoms with Crippen LogP contribution in [0.1, 0.15) is 33.4 Å². The molecule has 2 aliphatic rings. The molecule has 12 rings (SSSR count). The van der Waals surface area contributed by atoms with Crippen LogP contribution in [0, 0.1) is 24.7 Å². The van der Waals surface area contributed by atoms with Gasteiger partial charge in [-0.05, 0) is 155 Å². The molecular formula is C62H44O4. The maximum Gasteiger partial charge on any atom is 0.148 e. The van der Waals surface area contributed by atoms with Gasteiger partial charge in [0.15, 0.2) is 0 Å². The van der Waals surface area contributed by atoms with E-state index in [0.717, 1.165) is 50.2 Å². The highest BCUT2D eigenvalue weighted by atomic mass is 16.5. The minimum atomic E-state index is -0.495. The first kappa shape index (κ1) is 41.3. The van der Waals surface area contributed by atoms with Crippen molar-refractivity contribution in [2.24, 2.45) is 0 Å². The Morgan fingerprint density at radius 2 is 0.788 bits per heavy atom. The number of fused-ring (bicyclic) bond motifs is 9. The zero-order valence-corrected chi connectivity index (χ0v) is 36.1. The maximum atomic E-state index is 10.0. The van der Waals surface area contributed by atoms with E-state index < -0.39 is 5.41 Å². The first-order valence-corrected chi connectivity index (χ1v) is 21.9. The Morgan fingerprint density at radius 3 is 1.26 bits per heavy atom. The Morgan fingerprint density at radius 1 is 0.394 bits per heavy atom. The topological polar surface area (TPSA) is 58.9 Å². The van der Waals surface area contributed by atoms with E-state index in [1.807, 2.05) is 60.7 Å². The third-order valence-corrected chi connectivity index (χ3v) is 12.6. The van der Waals surface area contributed by atoms with Crippen LogP contribution in [0.5, 0.6) is 23.0 Å². The standard InChI is InChI=1S/C33H22O2.C16H12O2.C13H10/c34-27-15-11-21-17-25(13-9-23(21)19-27)33(26-14-10-24-20-28(35)16-12-22(24)18-26)31-7-3-1-5-29(31)30-6-2-4-8-32(30)33;1-3-9-17-15-7-5-13-6-8-16(18-10-4-2)12-14(13)11-15;1-3-7-12-10(5-1)9-11-6-2-4-8-13(11)12/h1-20,34-35H;1-2,5-8,11-12H,9-10H2;1-8H,9H2. The summed E-state index contributed by atoms with van der Waals surface area (Å²) in [5, 5.41) is 26.3. The molecule has 10 aromatic carbocycles. The number of hydrogen-bond acceptors (Lipinski definition) is 4. The van der Waals surface area contributed by atoms with Crippen molar-refractivity contribution in [2.45, 2.75) is 11.8 Å². The van der Waals surface area contributed by atoms with Gasteiger partial charge in [0, 0.05) is 0 Å². The fourth-order valence-corrected chi connectivity index (χ4v) is 9.67. The van der Waals surface area contributed by atoms with Crippen molar-refractivity contribution in [3.8, 4) is 69.9 Å². The Balaban J connectivity index is 0.000000136. The average Bonchev–Trinajstić information content (AvgIpc) is 3.89. The smallest absolute Gasteiger partial charge is 0.148 e. The van der Waals surface area contributed by atoms with Gasteiger partial charge in [-0.3, -0.25) is 0 Å². The molecular weight excluding hydrogens is 809 g/mol.